The number of aliphatic carboxylic acids is 1. The fourth-order valence-corrected chi connectivity index (χ4v) is 2.04. The number of carboxylic acid groups (broad SMARTS) is 1. The number of nitrogens with one attached hydrogen (secondary N) is 2. The second-order valence-corrected chi connectivity index (χ2v) is 5.17. The summed E-state index contributed by atoms with van der Waals surface area (Å²) < 4.78 is 0. The van der Waals surface area contributed by atoms with Crippen LogP contribution in [0.2, 0.25) is 0 Å². The van der Waals surface area contributed by atoms with E-state index in [1.807, 2.05) is 0 Å². The van der Waals surface area contributed by atoms with Crippen LogP contribution in [-0.4, -0.2) is 29.7 Å². The predicted octanol–water partition coefficient (Wildman–Crippen LogP) is 1.34. The van der Waals surface area contributed by atoms with Crippen LogP contribution in [0.25, 0.3) is 0 Å². The Morgan fingerprint density at radius 2 is 1.94 bits per heavy atom. The van der Waals surface area contributed by atoms with E-state index in [1.165, 1.54) is 12.8 Å². The molecule has 17 heavy (non-hydrogen) atoms. The lowest BCUT2D eigenvalue weighted by atomic mass is 10.1. The molecule has 0 aromatic rings. The van der Waals surface area contributed by atoms with Gasteiger partial charge in [0.25, 0.3) is 0 Å². The lowest BCUT2D eigenvalue weighted by molar-refractivity contribution is -0.137. The highest BCUT2D eigenvalue weighted by Gasteiger charge is 2.33. The maximum atomic E-state index is 11.6. The molecule has 2 saturated carbocycles. The molecule has 0 spiro atoms. The van der Waals surface area contributed by atoms with Crippen LogP contribution < -0.4 is 10.6 Å². The van der Waals surface area contributed by atoms with Crippen molar-refractivity contribution in [1.82, 2.24) is 10.6 Å². The van der Waals surface area contributed by atoms with Gasteiger partial charge in [-0.3, -0.25) is 4.79 Å². The minimum Gasteiger partial charge on any atom is -0.481 e. The van der Waals surface area contributed by atoms with E-state index in [2.05, 4.69) is 10.6 Å². The third kappa shape index (κ3) is 4.63. The maximum absolute atomic E-state index is 11.6. The summed E-state index contributed by atoms with van der Waals surface area (Å²) in [5.41, 5.74) is 0. The zero-order valence-corrected chi connectivity index (χ0v) is 9.95. The summed E-state index contributed by atoms with van der Waals surface area (Å²) in [6.07, 6.45) is 5.70. The van der Waals surface area contributed by atoms with E-state index >= 15 is 0 Å². The average Bonchev–Trinajstić information content (AvgIpc) is 3.11. The van der Waals surface area contributed by atoms with E-state index in [4.69, 9.17) is 5.11 Å². The number of hydrogen-bond donors (Lipinski definition) is 3. The van der Waals surface area contributed by atoms with Crippen LogP contribution in [0.3, 0.4) is 0 Å². The molecule has 0 heterocycles. The first-order valence-electron chi connectivity index (χ1n) is 6.41. The van der Waals surface area contributed by atoms with Crippen LogP contribution in [0.5, 0.6) is 0 Å². The first-order valence-corrected chi connectivity index (χ1v) is 6.41. The summed E-state index contributed by atoms with van der Waals surface area (Å²) in [4.78, 5) is 22.2. The van der Waals surface area contributed by atoms with Crippen molar-refractivity contribution in [2.24, 2.45) is 11.8 Å². The van der Waals surface area contributed by atoms with Gasteiger partial charge in [0.15, 0.2) is 0 Å². The SMILES string of the molecule is O=C(O)CC(NC(=O)NCCC1CC1)C1CC1. The largest absolute Gasteiger partial charge is 0.481 e. The standard InChI is InChI=1S/C12H20N2O3/c15-11(16)7-10(9-3-4-9)14-12(17)13-6-5-8-1-2-8/h8-10H,1-7H2,(H,15,16)(H2,13,14,17). The van der Waals surface area contributed by atoms with E-state index in [0.29, 0.717) is 12.5 Å². The lowest BCUT2D eigenvalue weighted by Gasteiger charge is -2.16. The highest BCUT2D eigenvalue weighted by atomic mass is 16.4. The smallest absolute Gasteiger partial charge is 0.315 e. The summed E-state index contributed by atoms with van der Waals surface area (Å²) in [5.74, 6) is 0.314. The molecular formula is C12H20N2O3. The van der Waals surface area contributed by atoms with Gasteiger partial charge in [-0.2, -0.15) is 0 Å². The van der Waals surface area contributed by atoms with Crippen LogP contribution in [0, 0.1) is 11.8 Å². The third-order valence-corrected chi connectivity index (χ3v) is 3.44. The van der Waals surface area contributed by atoms with Crippen molar-refractivity contribution in [2.45, 2.75) is 44.6 Å². The van der Waals surface area contributed by atoms with Crippen LogP contribution in [0.4, 0.5) is 4.79 Å². The van der Waals surface area contributed by atoms with Crippen molar-refractivity contribution >= 4 is 12.0 Å². The van der Waals surface area contributed by atoms with Gasteiger partial charge in [0.2, 0.25) is 0 Å². The molecule has 1 unspecified atom stereocenters. The number of amides is 2. The van der Waals surface area contributed by atoms with Crippen molar-refractivity contribution in [1.29, 1.82) is 0 Å². The predicted molar refractivity (Wildman–Crippen MR) is 62.6 cm³/mol. The molecule has 96 valence electrons. The van der Waals surface area contributed by atoms with Gasteiger partial charge in [0, 0.05) is 12.6 Å². The monoisotopic (exact) mass is 240 g/mol. The molecule has 2 aliphatic rings. The molecule has 2 amide bonds. The first kappa shape index (κ1) is 12.2. The van der Waals surface area contributed by atoms with E-state index in [0.717, 1.165) is 25.2 Å². The number of urea groups is 1. The summed E-state index contributed by atoms with van der Waals surface area (Å²) in [6.45, 7) is 0.695. The van der Waals surface area contributed by atoms with E-state index in [9.17, 15) is 9.59 Å². The molecule has 0 radical (unpaired) electrons. The summed E-state index contributed by atoms with van der Waals surface area (Å²) in [6, 6.07) is -0.419. The maximum Gasteiger partial charge on any atom is 0.315 e. The minimum atomic E-state index is -0.847. The number of carboxylic acids is 1. The average molecular weight is 240 g/mol. The van der Waals surface area contributed by atoms with Crippen LogP contribution >= 0.6 is 0 Å². The van der Waals surface area contributed by atoms with E-state index in [-0.39, 0.29) is 18.5 Å². The van der Waals surface area contributed by atoms with Crippen molar-refractivity contribution in [2.75, 3.05) is 6.54 Å². The van der Waals surface area contributed by atoms with Crippen molar-refractivity contribution in [3.63, 3.8) is 0 Å². The molecule has 3 N–H and O–H groups in total. The lowest BCUT2D eigenvalue weighted by Crippen LogP contribution is -2.44. The molecule has 2 rings (SSSR count). The van der Waals surface area contributed by atoms with Crippen molar-refractivity contribution in [3.8, 4) is 0 Å². The van der Waals surface area contributed by atoms with E-state index < -0.39 is 5.97 Å². The van der Waals surface area contributed by atoms with Gasteiger partial charge in [0.05, 0.1) is 6.42 Å². The van der Waals surface area contributed by atoms with Gasteiger partial charge in [0.1, 0.15) is 0 Å². The fourth-order valence-electron chi connectivity index (χ4n) is 2.04. The van der Waals surface area contributed by atoms with Crippen molar-refractivity contribution < 1.29 is 14.7 Å². The Bertz CT molecular complexity index is 298. The number of carbonyl (C=O) groups excluding carboxylic acids is 1. The Morgan fingerprint density at radius 1 is 1.24 bits per heavy atom. The highest BCUT2D eigenvalue weighted by Crippen LogP contribution is 2.34. The highest BCUT2D eigenvalue weighted by molar-refractivity contribution is 5.75. The Balaban J connectivity index is 1.64. The Kier molecular flexibility index (Phi) is 3.86. The molecule has 0 aromatic carbocycles. The summed E-state index contributed by atoms with van der Waals surface area (Å²) in [5, 5.41) is 14.3. The molecule has 2 fully saturated rings. The molecule has 1 atom stereocenters. The molecule has 0 saturated heterocycles. The summed E-state index contributed by atoms with van der Waals surface area (Å²) >= 11 is 0. The molecule has 0 aliphatic heterocycles. The van der Waals surface area contributed by atoms with Crippen LogP contribution in [0.1, 0.15) is 38.5 Å². The van der Waals surface area contributed by atoms with Gasteiger partial charge < -0.3 is 15.7 Å². The summed E-state index contributed by atoms with van der Waals surface area (Å²) in [7, 11) is 0. The van der Waals surface area contributed by atoms with Gasteiger partial charge >= 0.3 is 12.0 Å². The molecule has 0 bridgehead atoms. The second-order valence-electron chi connectivity index (χ2n) is 5.17. The van der Waals surface area contributed by atoms with Crippen molar-refractivity contribution in [3.05, 3.63) is 0 Å². The first-order chi connectivity index (χ1) is 8.15. The van der Waals surface area contributed by atoms with Crippen LogP contribution in [0.15, 0.2) is 0 Å². The number of rotatable bonds is 7. The molecule has 5 nitrogen and oxygen atoms in total. The second kappa shape index (κ2) is 5.38. The molecule has 5 heteroatoms. The zero-order chi connectivity index (χ0) is 12.3. The number of carbonyl (C=O) groups is 2. The third-order valence-electron chi connectivity index (χ3n) is 3.44. The van der Waals surface area contributed by atoms with Gasteiger partial charge in [-0.1, -0.05) is 12.8 Å². The Hall–Kier alpha value is -1.26. The number of hydrogen-bond acceptors (Lipinski definition) is 2. The Morgan fingerprint density at radius 3 is 2.47 bits per heavy atom. The molecule has 0 aromatic heterocycles. The molecular weight excluding hydrogens is 220 g/mol. The topological polar surface area (TPSA) is 78.4 Å². The Labute approximate surface area is 101 Å². The zero-order valence-electron chi connectivity index (χ0n) is 9.95. The van der Waals surface area contributed by atoms with Gasteiger partial charge in [-0.15, -0.1) is 0 Å². The minimum absolute atomic E-state index is 0.0285. The fraction of sp³-hybridized carbons (Fsp3) is 0.833. The normalized spacial score (nSPS) is 20.7. The van der Waals surface area contributed by atoms with Crippen LogP contribution in [-0.2, 0) is 4.79 Å². The van der Waals surface area contributed by atoms with Gasteiger partial charge in [-0.25, -0.2) is 4.79 Å². The molecule has 2 aliphatic carbocycles. The van der Waals surface area contributed by atoms with Gasteiger partial charge in [-0.05, 0) is 31.1 Å². The quantitative estimate of drug-likeness (QED) is 0.628. The van der Waals surface area contributed by atoms with E-state index in [1.54, 1.807) is 0 Å².